The van der Waals surface area contributed by atoms with Crippen LogP contribution in [-0.2, 0) is 16.8 Å². The fourth-order valence-corrected chi connectivity index (χ4v) is 4.90. The largest absolute Gasteiger partial charge is 0.495 e. The molecule has 0 saturated heterocycles. The van der Waals surface area contributed by atoms with Crippen molar-refractivity contribution in [1.29, 1.82) is 0 Å². The van der Waals surface area contributed by atoms with Gasteiger partial charge < -0.3 is 19.5 Å². The van der Waals surface area contributed by atoms with Gasteiger partial charge in [0.15, 0.2) is 0 Å². The molecule has 0 spiro atoms. The van der Waals surface area contributed by atoms with Crippen molar-refractivity contribution < 1.29 is 14.6 Å². The Morgan fingerprint density at radius 2 is 1.97 bits per heavy atom. The van der Waals surface area contributed by atoms with E-state index >= 15 is 0 Å². The van der Waals surface area contributed by atoms with Crippen LogP contribution in [0, 0.1) is 0 Å². The number of likely N-dealkylation sites (N-methyl/N-ethyl adjacent to an activating group) is 1. The molecule has 2 atom stereocenters. The molecule has 2 aromatic rings. The van der Waals surface area contributed by atoms with Gasteiger partial charge >= 0.3 is 0 Å². The second-order valence-electron chi connectivity index (χ2n) is 8.32. The standard InChI is InChI=1S/C25H34ClNO3/c1-27(16-17-29-2)15-7-14-25(28)21-10-5-4-8-19(21)9-6-11-22(25)20-12-13-23(26)24(18-20)30-3/h4-5,8,10,12-13,18,22,28H,6-7,9,11,14-17H2,1-3H3/t22-,25+/m1/s1. The van der Waals surface area contributed by atoms with Gasteiger partial charge in [0.1, 0.15) is 5.75 Å². The van der Waals surface area contributed by atoms with Gasteiger partial charge in [0.05, 0.1) is 24.3 Å². The summed E-state index contributed by atoms with van der Waals surface area (Å²) >= 11 is 6.28. The summed E-state index contributed by atoms with van der Waals surface area (Å²) in [5.41, 5.74) is 2.49. The van der Waals surface area contributed by atoms with E-state index in [4.69, 9.17) is 21.1 Å². The van der Waals surface area contributed by atoms with E-state index < -0.39 is 5.60 Å². The molecule has 0 amide bonds. The summed E-state index contributed by atoms with van der Waals surface area (Å²) in [5, 5.41) is 12.8. The third kappa shape index (κ3) is 5.17. The van der Waals surface area contributed by atoms with E-state index in [1.165, 1.54) is 5.56 Å². The minimum atomic E-state index is -0.923. The maximum atomic E-state index is 12.2. The van der Waals surface area contributed by atoms with Crippen LogP contribution in [0.3, 0.4) is 0 Å². The number of aryl methyl sites for hydroxylation is 1. The van der Waals surface area contributed by atoms with Crippen molar-refractivity contribution in [2.24, 2.45) is 0 Å². The lowest BCUT2D eigenvalue weighted by Gasteiger charge is -2.37. The zero-order chi connectivity index (χ0) is 21.6. The highest BCUT2D eigenvalue weighted by Gasteiger charge is 2.41. The van der Waals surface area contributed by atoms with Crippen molar-refractivity contribution in [1.82, 2.24) is 4.90 Å². The van der Waals surface area contributed by atoms with Crippen LogP contribution in [0.1, 0.15) is 48.3 Å². The molecule has 3 rings (SSSR count). The van der Waals surface area contributed by atoms with Gasteiger partial charge in [0.25, 0.3) is 0 Å². The lowest BCUT2D eigenvalue weighted by Crippen LogP contribution is -2.35. The third-order valence-corrected chi connectivity index (χ3v) is 6.66. The Kier molecular flexibility index (Phi) is 8.18. The van der Waals surface area contributed by atoms with Crippen LogP contribution < -0.4 is 4.74 Å². The maximum Gasteiger partial charge on any atom is 0.137 e. The normalized spacial score (nSPS) is 21.3. The topological polar surface area (TPSA) is 41.9 Å². The van der Waals surface area contributed by atoms with Gasteiger partial charge in [-0.15, -0.1) is 0 Å². The molecule has 0 bridgehead atoms. The summed E-state index contributed by atoms with van der Waals surface area (Å²) < 4.78 is 10.6. The molecule has 164 valence electrons. The Bertz CT molecular complexity index is 828. The fraction of sp³-hybridized carbons (Fsp3) is 0.520. The first kappa shape index (κ1) is 23.1. The molecule has 0 heterocycles. The number of hydrogen-bond acceptors (Lipinski definition) is 4. The summed E-state index contributed by atoms with van der Waals surface area (Å²) in [5.74, 6) is 0.657. The van der Waals surface area contributed by atoms with Crippen LogP contribution in [0.4, 0.5) is 0 Å². The minimum Gasteiger partial charge on any atom is -0.495 e. The summed E-state index contributed by atoms with van der Waals surface area (Å²) in [4.78, 5) is 2.26. The highest BCUT2D eigenvalue weighted by Crippen LogP contribution is 2.48. The fourth-order valence-electron chi connectivity index (χ4n) is 4.71. The number of rotatable bonds is 9. The van der Waals surface area contributed by atoms with E-state index in [0.29, 0.717) is 17.2 Å². The summed E-state index contributed by atoms with van der Waals surface area (Å²) in [7, 11) is 5.46. The lowest BCUT2D eigenvalue weighted by atomic mass is 9.73. The molecule has 30 heavy (non-hydrogen) atoms. The van der Waals surface area contributed by atoms with Crippen LogP contribution >= 0.6 is 11.6 Å². The zero-order valence-electron chi connectivity index (χ0n) is 18.4. The summed E-state index contributed by atoms with van der Waals surface area (Å²) in [6.45, 7) is 2.53. The van der Waals surface area contributed by atoms with Crippen LogP contribution in [-0.4, -0.2) is 51.0 Å². The maximum absolute atomic E-state index is 12.2. The molecular weight excluding hydrogens is 398 g/mol. The van der Waals surface area contributed by atoms with Crippen LogP contribution in [0.25, 0.3) is 0 Å². The predicted octanol–water partition coefficient (Wildman–Crippen LogP) is 5.01. The zero-order valence-corrected chi connectivity index (χ0v) is 19.1. The molecule has 1 N–H and O–H groups in total. The minimum absolute atomic E-state index is 0.00315. The number of halogens is 1. The van der Waals surface area contributed by atoms with Gasteiger partial charge in [-0.2, -0.15) is 0 Å². The molecule has 4 nitrogen and oxygen atoms in total. The molecule has 0 aliphatic heterocycles. The Hall–Kier alpha value is -1.59. The van der Waals surface area contributed by atoms with E-state index in [-0.39, 0.29) is 5.92 Å². The van der Waals surface area contributed by atoms with Gasteiger partial charge in [0, 0.05) is 19.6 Å². The number of benzene rings is 2. The second kappa shape index (κ2) is 10.6. The average Bonchev–Trinajstić information content (AvgIpc) is 2.90. The number of nitrogens with zero attached hydrogens (tertiary/aromatic N) is 1. The number of aliphatic hydroxyl groups is 1. The van der Waals surface area contributed by atoms with Gasteiger partial charge in [-0.1, -0.05) is 41.9 Å². The van der Waals surface area contributed by atoms with E-state index in [1.54, 1.807) is 14.2 Å². The summed E-state index contributed by atoms with van der Waals surface area (Å²) in [6, 6.07) is 14.3. The van der Waals surface area contributed by atoms with E-state index in [2.05, 4.69) is 30.1 Å². The van der Waals surface area contributed by atoms with E-state index in [1.807, 2.05) is 24.3 Å². The Morgan fingerprint density at radius 1 is 1.17 bits per heavy atom. The third-order valence-electron chi connectivity index (χ3n) is 6.35. The Morgan fingerprint density at radius 3 is 2.73 bits per heavy atom. The summed E-state index contributed by atoms with van der Waals surface area (Å²) in [6.07, 6.45) is 4.58. The molecule has 0 aromatic heterocycles. The Labute approximate surface area is 185 Å². The molecule has 1 aliphatic carbocycles. The molecule has 1 aliphatic rings. The van der Waals surface area contributed by atoms with Crippen molar-refractivity contribution in [3.8, 4) is 5.75 Å². The number of methoxy groups -OCH3 is 2. The number of ether oxygens (including phenoxy) is 2. The van der Waals surface area contributed by atoms with Crippen molar-refractivity contribution in [2.75, 3.05) is 41.0 Å². The SMILES string of the molecule is COCCN(C)CCC[C@]1(O)c2ccccc2CCC[C@@H]1c1ccc(Cl)c(OC)c1. The first-order valence-electron chi connectivity index (χ1n) is 10.8. The van der Waals surface area contributed by atoms with Gasteiger partial charge in [-0.05, 0) is 74.5 Å². The van der Waals surface area contributed by atoms with Gasteiger partial charge in [0.2, 0.25) is 0 Å². The van der Waals surface area contributed by atoms with Gasteiger partial charge in [-0.3, -0.25) is 0 Å². The average molecular weight is 432 g/mol. The molecule has 2 aromatic carbocycles. The lowest BCUT2D eigenvalue weighted by molar-refractivity contribution is -0.00675. The first-order chi connectivity index (χ1) is 14.5. The van der Waals surface area contributed by atoms with E-state index in [0.717, 1.165) is 56.5 Å². The van der Waals surface area contributed by atoms with Crippen molar-refractivity contribution in [3.63, 3.8) is 0 Å². The predicted molar refractivity (Wildman–Crippen MR) is 123 cm³/mol. The van der Waals surface area contributed by atoms with Crippen LogP contribution in [0.15, 0.2) is 42.5 Å². The highest BCUT2D eigenvalue weighted by atomic mass is 35.5. The molecule has 0 saturated carbocycles. The van der Waals surface area contributed by atoms with Crippen LogP contribution in [0.5, 0.6) is 5.75 Å². The highest BCUT2D eigenvalue weighted by molar-refractivity contribution is 6.32. The molecule has 0 fully saturated rings. The number of fused-ring (bicyclic) bond motifs is 1. The van der Waals surface area contributed by atoms with Crippen molar-refractivity contribution >= 4 is 11.6 Å². The molecule has 5 heteroatoms. The second-order valence-corrected chi connectivity index (χ2v) is 8.73. The Balaban J connectivity index is 1.92. The first-order valence-corrected chi connectivity index (χ1v) is 11.2. The molecule has 0 unspecified atom stereocenters. The van der Waals surface area contributed by atoms with Gasteiger partial charge in [-0.25, -0.2) is 0 Å². The quantitative estimate of drug-likeness (QED) is 0.566. The molecular formula is C25H34ClNO3. The van der Waals surface area contributed by atoms with Crippen LogP contribution in [0.2, 0.25) is 5.02 Å². The van der Waals surface area contributed by atoms with E-state index in [9.17, 15) is 5.11 Å². The molecule has 0 radical (unpaired) electrons. The smallest absolute Gasteiger partial charge is 0.137 e. The van der Waals surface area contributed by atoms with Crippen molar-refractivity contribution in [3.05, 3.63) is 64.2 Å². The van der Waals surface area contributed by atoms with Crippen molar-refractivity contribution in [2.45, 2.75) is 43.6 Å². The monoisotopic (exact) mass is 431 g/mol. The number of hydrogen-bond donors (Lipinski definition) is 1.